The van der Waals surface area contributed by atoms with Crippen molar-refractivity contribution in [2.45, 2.75) is 52.9 Å². The molecule has 2 aromatic carbocycles. The first kappa shape index (κ1) is 22.7. The lowest BCUT2D eigenvalue weighted by Gasteiger charge is -2.11. The summed E-state index contributed by atoms with van der Waals surface area (Å²) in [5, 5.41) is 3.61. The van der Waals surface area contributed by atoms with Crippen LogP contribution in [-0.2, 0) is 19.3 Å². The van der Waals surface area contributed by atoms with Gasteiger partial charge in [-0.2, -0.15) is 0 Å². The molecular formula is C28H35N. The van der Waals surface area contributed by atoms with E-state index in [2.05, 4.69) is 84.8 Å². The standard InChI is InChI=1S/C26H29N.C2H6/c1-2-25-14-7-4-8-15-26(25)21-27-19-18-24-13-9-12-23(20-24)17-16-22-10-5-3-6-11-22;1-2/h3,5-7,9-14,20,27H,2,15-19,21H2,1H3;1-2H3. The van der Waals surface area contributed by atoms with Crippen molar-refractivity contribution in [1.29, 1.82) is 0 Å². The highest BCUT2D eigenvalue weighted by atomic mass is 14.8. The molecule has 1 aliphatic carbocycles. The van der Waals surface area contributed by atoms with E-state index in [0.29, 0.717) is 0 Å². The van der Waals surface area contributed by atoms with Gasteiger partial charge in [-0.1, -0.05) is 93.3 Å². The van der Waals surface area contributed by atoms with E-state index in [4.69, 9.17) is 0 Å². The Morgan fingerprint density at radius 2 is 1.55 bits per heavy atom. The SMILES string of the molecule is CC.CCC1=C(CNCCc2cccc(CCc3ccccc3)c2)CC#CC=C1. The molecule has 0 aliphatic heterocycles. The van der Waals surface area contributed by atoms with Crippen molar-refractivity contribution in [1.82, 2.24) is 5.32 Å². The molecule has 0 atom stereocenters. The van der Waals surface area contributed by atoms with E-state index in [-0.39, 0.29) is 0 Å². The lowest BCUT2D eigenvalue weighted by Crippen LogP contribution is -2.20. The Labute approximate surface area is 177 Å². The highest BCUT2D eigenvalue weighted by molar-refractivity contribution is 5.37. The van der Waals surface area contributed by atoms with Crippen LogP contribution in [-0.4, -0.2) is 13.1 Å². The minimum Gasteiger partial charge on any atom is -0.313 e. The zero-order chi connectivity index (χ0) is 20.7. The minimum atomic E-state index is 0.887. The predicted octanol–water partition coefficient (Wildman–Crippen LogP) is 6.30. The third-order valence-electron chi connectivity index (χ3n) is 5.07. The van der Waals surface area contributed by atoms with Crippen LogP contribution in [0.5, 0.6) is 0 Å². The van der Waals surface area contributed by atoms with E-state index >= 15 is 0 Å². The van der Waals surface area contributed by atoms with Crippen molar-refractivity contribution < 1.29 is 0 Å². The Morgan fingerprint density at radius 3 is 2.31 bits per heavy atom. The van der Waals surface area contributed by atoms with Gasteiger partial charge in [-0.25, -0.2) is 0 Å². The quantitative estimate of drug-likeness (QED) is 0.394. The van der Waals surface area contributed by atoms with Crippen LogP contribution in [0.3, 0.4) is 0 Å². The fraction of sp³-hybridized carbons (Fsp3) is 0.357. The number of aryl methyl sites for hydroxylation is 2. The highest BCUT2D eigenvalue weighted by Crippen LogP contribution is 2.15. The third kappa shape index (κ3) is 8.14. The first-order valence-electron chi connectivity index (χ1n) is 11.0. The van der Waals surface area contributed by atoms with Gasteiger partial charge in [-0.3, -0.25) is 0 Å². The fourth-order valence-corrected chi connectivity index (χ4v) is 3.48. The molecule has 1 nitrogen and oxygen atoms in total. The number of hydrogen-bond donors (Lipinski definition) is 1. The summed E-state index contributed by atoms with van der Waals surface area (Å²) in [6.45, 7) is 8.15. The summed E-state index contributed by atoms with van der Waals surface area (Å²) in [6.07, 6.45) is 9.38. The molecule has 0 aromatic heterocycles. The van der Waals surface area contributed by atoms with Crippen LogP contribution in [0.2, 0.25) is 0 Å². The maximum Gasteiger partial charge on any atom is 0.0321 e. The summed E-state index contributed by atoms with van der Waals surface area (Å²) in [6, 6.07) is 19.8. The van der Waals surface area contributed by atoms with Gasteiger partial charge < -0.3 is 5.32 Å². The second-order valence-electron chi connectivity index (χ2n) is 7.05. The highest BCUT2D eigenvalue weighted by Gasteiger charge is 2.04. The van der Waals surface area contributed by atoms with Crippen LogP contribution in [0.25, 0.3) is 0 Å². The lowest BCUT2D eigenvalue weighted by atomic mass is 10.0. The lowest BCUT2D eigenvalue weighted by molar-refractivity contribution is 0.717. The van der Waals surface area contributed by atoms with Gasteiger partial charge in [-0.05, 0) is 66.1 Å². The van der Waals surface area contributed by atoms with E-state index in [9.17, 15) is 0 Å². The molecule has 29 heavy (non-hydrogen) atoms. The molecule has 2 aromatic rings. The maximum atomic E-state index is 3.61. The average Bonchev–Trinajstić information content (AvgIpc) is 3.03. The molecule has 0 saturated carbocycles. The Morgan fingerprint density at radius 1 is 0.862 bits per heavy atom. The first-order valence-corrected chi connectivity index (χ1v) is 11.0. The van der Waals surface area contributed by atoms with Crippen molar-refractivity contribution in [3.63, 3.8) is 0 Å². The molecule has 0 heterocycles. The Balaban J connectivity index is 0.00000145. The second kappa shape index (κ2) is 13.6. The smallest absolute Gasteiger partial charge is 0.0321 e. The van der Waals surface area contributed by atoms with Gasteiger partial charge in [0.15, 0.2) is 0 Å². The predicted molar refractivity (Wildman–Crippen MR) is 127 cm³/mol. The average molecular weight is 386 g/mol. The molecule has 0 fully saturated rings. The van der Waals surface area contributed by atoms with E-state index in [1.165, 1.54) is 27.8 Å². The number of benzene rings is 2. The fourth-order valence-electron chi connectivity index (χ4n) is 3.48. The molecule has 1 aliphatic rings. The third-order valence-corrected chi connectivity index (χ3v) is 5.07. The molecule has 0 amide bonds. The number of rotatable bonds is 9. The molecule has 152 valence electrons. The monoisotopic (exact) mass is 385 g/mol. The second-order valence-corrected chi connectivity index (χ2v) is 7.05. The van der Waals surface area contributed by atoms with Gasteiger partial charge in [0.05, 0.1) is 0 Å². The van der Waals surface area contributed by atoms with Crippen molar-refractivity contribution in [3.05, 3.63) is 94.6 Å². The van der Waals surface area contributed by atoms with Crippen LogP contribution in [0.4, 0.5) is 0 Å². The molecule has 0 saturated heterocycles. The molecule has 0 unspecified atom stereocenters. The molecule has 1 N–H and O–H groups in total. The molecule has 0 radical (unpaired) electrons. The molecule has 1 heteroatoms. The Bertz CT molecular complexity index is 847. The number of hydrogen-bond acceptors (Lipinski definition) is 1. The van der Waals surface area contributed by atoms with E-state index in [1.54, 1.807) is 0 Å². The van der Waals surface area contributed by atoms with Gasteiger partial charge in [0.2, 0.25) is 0 Å². The molecule has 0 spiro atoms. The summed E-state index contributed by atoms with van der Waals surface area (Å²) in [5.74, 6) is 6.31. The summed E-state index contributed by atoms with van der Waals surface area (Å²) in [4.78, 5) is 0. The zero-order valence-corrected chi connectivity index (χ0v) is 18.3. The van der Waals surface area contributed by atoms with Gasteiger partial charge in [0, 0.05) is 13.0 Å². The summed E-state index contributed by atoms with van der Waals surface area (Å²) >= 11 is 0. The van der Waals surface area contributed by atoms with Gasteiger partial charge in [0.25, 0.3) is 0 Å². The first-order chi connectivity index (χ1) is 14.3. The van der Waals surface area contributed by atoms with E-state index in [1.807, 2.05) is 19.9 Å². The van der Waals surface area contributed by atoms with Crippen molar-refractivity contribution >= 4 is 0 Å². The number of nitrogens with one attached hydrogen (secondary N) is 1. The van der Waals surface area contributed by atoms with Crippen LogP contribution < -0.4 is 5.32 Å². The van der Waals surface area contributed by atoms with Crippen LogP contribution >= 0.6 is 0 Å². The summed E-state index contributed by atoms with van der Waals surface area (Å²) in [7, 11) is 0. The summed E-state index contributed by atoms with van der Waals surface area (Å²) < 4.78 is 0. The largest absolute Gasteiger partial charge is 0.313 e. The van der Waals surface area contributed by atoms with Gasteiger partial charge >= 0.3 is 0 Å². The normalized spacial score (nSPS) is 12.5. The van der Waals surface area contributed by atoms with Crippen LogP contribution in [0.15, 0.2) is 77.9 Å². The maximum absolute atomic E-state index is 3.61. The Hall–Kier alpha value is -2.56. The minimum absolute atomic E-state index is 0.887. The van der Waals surface area contributed by atoms with E-state index in [0.717, 1.165) is 45.2 Å². The molecule has 3 rings (SSSR count). The van der Waals surface area contributed by atoms with Crippen LogP contribution in [0.1, 0.15) is 50.3 Å². The number of allylic oxidation sites excluding steroid dienone is 3. The molecular weight excluding hydrogens is 350 g/mol. The topological polar surface area (TPSA) is 12.0 Å². The zero-order valence-electron chi connectivity index (χ0n) is 18.3. The Kier molecular flexibility index (Phi) is 10.6. The van der Waals surface area contributed by atoms with Gasteiger partial charge in [-0.15, -0.1) is 0 Å². The summed E-state index contributed by atoms with van der Waals surface area (Å²) in [5.41, 5.74) is 7.11. The van der Waals surface area contributed by atoms with Crippen molar-refractivity contribution in [2.24, 2.45) is 0 Å². The van der Waals surface area contributed by atoms with Crippen molar-refractivity contribution in [3.8, 4) is 11.8 Å². The van der Waals surface area contributed by atoms with Crippen LogP contribution in [0, 0.1) is 11.8 Å². The van der Waals surface area contributed by atoms with Crippen molar-refractivity contribution in [2.75, 3.05) is 13.1 Å². The molecule has 0 bridgehead atoms. The van der Waals surface area contributed by atoms with E-state index < -0.39 is 0 Å². The van der Waals surface area contributed by atoms with Gasteiger partial charge in [0.1, 0.15) is 0 Å².